The van der Waals surface area contributed by atoms with E-state index >= 15 is 0 Å². The predicted octanol–water partition coefficient (Wildman–Crippen LogP) is 3.30. The standard InChI is InChI=1S/C16H27BO4/c1-7-19-13(18)16(6)10-8-12(9-11-16)17-20-14(2,3)15(4,5)21-17/h8H,7,9-11H2,1-6H3/t16-/m1/s1. The van der Waals surface area contributed by atoms with Crippen LogP contribution in [0.3, 0.4) is 0 Å². The van der Waals surface area contributed by atoms with E-state index in [9.17, 15) is 4.79 Å². The summed E-state index contributed by atoms with van der Waals surface area (Å²) in [7, 11) is -0.290. The second kappa shape index (κ2) is 5.43. The maximum Gasteiger partial charge on any atom is 0.490 e. The Balaban J connectivity index is 2.06. The van der Waals surface area contributed by atoms with Crippen molar-refractivity contribution in [3.8, 4) is 0 Å². The average Bonchev–Trinajstić information content (AvgIpc) is 2.59. The molecule has 5 heteroatoms. The second-order valence-electron chi connectivity index (χ2n) is 7.35. The number of hydrogen-bond donors (Lipinski definition) is 0. The zero-order valence-corrected chi connectivity index (χ0v) is 14.1. The summed E-state index contributed by atoms with van der Waals surface area (Å²) in [4.78, 5) is 12.0. The molecular weight excluding hydrogens is 267 g/mol. The van der Waals surface area contributed by atoms with E-state index in [-0.39, 0.29) is 24.3 Å². The van der Waals surface area contributed by atoms with Gasteiger partial charge in [0.1, 0.15) is 0 Å². The lowest BCUT2D eigenvalue weighted by Gasteiger charge is -2.32. The van der Waals surface area contributed by atoms with E-state index in [4.69, 9.17) is 14.0 Å². The van der Waals surface area contributed by atoms with Gasteiger partial charge in [0.15, 0.2) is 0 Å². The van der Waals surface area contributed by atoms with E-state index < -0.39 is 5.41 Å². The number of ether oxygens (including phenoxy) is 1. The first-order valence-electron chi connectivity index (χ1n) is 7.83. The molecule has 1 aliphatic heterocycles. The molecule has 0 aromatic heterocycles. The highest BCUT2D eigenvalue weighted by Gasteiger charge is 2.53. The minimum absolute atomic E-state index is 0.103. The van der Waals surface area contributed by atoms with Crippen LogP contribution in [0.1, 0.15) is 60.8 Å². The van der Waals surface area contributed by atoms with Gasteiger partial charge in [-0.2, -0.15) is 0 Å². The van der Waals surface area contributed by atoms with E-state index in [0.717, 1.165) is 18.3 Å². The van der Waals surface area contributed by atoms with Crippen LogP contribution in [0.15, 0.2) is 11.5 Å². The molecule has 1 heterocycles. The summed E-state index contributed by atoms with van der Waals surface area (Å²) in [5, 5.41) is 0. The molecule has 0 radical (unpaired) electrons. The molecule has 1 aliphatic carbocycles. The quantitative estimate of drug-likeness (QED) is 0.592. The van der Waals surface area contributed by atoms with Gasteiger partial charge in [0.05, 0.1) is 23.2 Å². The second-order valence-corrected chi connectivity index (χ2v) is 7.35. The van der Waals surface area contributed by atoms with Crippen molar-refractivity contribution >= 4 is 13.1 Å². The minimum Gasteiger partial charge on any atom is -0.466 e. The maximum absolute atomic E-state index is 12.0. The number of rotatable bonds is 3. The predicted molar refractivity (Wildman–Crippen MR) is 82.8 cm³/mol. The number of allylic oxidation sites excluding steroid dienone is 2. The van der Waals surface area contributed by atoms with Gasteiger partial charge in [-0.05, 0) is 66.3 Å². The van der Waals surface area contributed by atoms with Crippen LogP contribution in [0.5, 0.6) is 0 Å². The van der Waals surface area contributed by atoms with Crippen LogP contribution in [-0.2, 0) is 18.8 Å². The third-order valence-corrected chi connectivity index (χ3v) is 5.10. The number of carbonyl (C=O) groups excluding carboxylic acids is 1. The SMILES string of the molecule is CCOC(=O)[C@]1(C)CC=C(B2OC(C)(C)C(C)(C)O2)CC1. The van der Waals surface area contributed by atoms with Crippen LogP contribution in [0.4, 0.5) is 0 Å². The molecule has 21 heavy (non-hydrogen) atoms. The van der Waals surface area contributed by atoms with E-state index in [1.54, 1.807) is 0 Å². The summed E-state index contributed by atoms with van der Waals surface area (Å²) in [6.45, 7) is 12.5. The molecule has 0 N–H and O–H groups in total. The molecule has 1 saturated heterocycles. The third-order valence-electron chi connectivity index (χ3n) is 5.10. The molecule has 0 aromatic rings. The van der Waals surface area contributed by atoms with E-state index in [2.05, 4.69) is 33.8 Å². The molecule has 0 aromatic carbocycles. The summed E-state index contributed by atoms with van der Waals surface area (Å²) in [5.41, 5.74) is 0.0969. The smallest absolute Gasteiger partial charge is 0.466 e. The largest absolute Gasteiger partial charge is 0.490 e. The normalized spacial score (nSPS) is 31.0. The first-order chi connectivity index (χ1) is 9.61. The summed E-state index contributed by atoms with van der Waals surface area (Å²) in [6.07, 6.45) is 4.38. The fourth-order valence-corrected chi connectivity index (χ4v) is 2.68. The highest BCUT2D eigenvalue weighted by Crippen LogP contribution is 2.43. The van der Waals surface area contributed by atoms with E-state index in [1.807, 2.05) is 13.8 Å². The Kier molecular flexibility index (Phi) is 4.29. The summed E-state index contributed by atoms with van der Waals surface area (Å²) in [6, 6.07) is 0. The number of esters is 1. The third kappa shape index (κ3) is 3.04. The average molecular weight is 294 g/mol. The summed E-state index contributed by atoms with van der Waals surface area (Å²) < 4.78 is 17.3. The first kappa shape index (κ1) is 16.6. The highest BCUT2D eigenvalue weighted by atomic mass is 16.7. The van der Waals surface area contributed by atoms with E-state index in [0.29, 0.717) is 13.0 Å². The van der Waals surface area contributed by atoms with Gasteiger partial charge in [-0.15, -0.1) is 0 Å². The Labute approximate surface area is 128 Å². The lowest BCUT2D eigenvalue weighted by atomic mass is 9.66. The summed E-state index contributed by atoms with van der Waals surface area (Å²) in [5.74, 6) is -0.103. The zero-order chi connectivity index (χ0) is 15.9. The molecule has 4 nitrogen and oxygen atoms in total. The summed E-state index contributed by atoms with van der Waals surface area (Å²) >= 11 is 0. The molecule has 0 amide bonds. The van der Waals surface area contributed by atoms with Crippen molar-refractivity contribution in [3.63, 3.8) is 0 Å². The van der Waals surface area contributed by atoms with Crippen LogP contribution < -0.4 is 0 Å². The fourth-order valence-electron chi connectivity index (χ4n) is 2.68. The molecule has 1 fully saturated rings. The van der Waals surface area contributed by atoms with Crippen molar-refractivity contribution in [2.45, 2.75) is 72.0 Å². The Morgan fingerprint density at radius 2 is 1.81 bits per heavy atom. The van der Waals surface area contributed by atoms with Gasteiger partial charge in [0.25, 0.3) is 0 Å². The van der Waals surface area contributed by atoms with Gasteiger partial charge in [-0.25, -0.2) is 0 Å². The maximum atomic E-state index is 12.0. The molecule has 0 unspecified atom stereocenters. The molecule has 1 atom stereocenters. The molecule has 0 spiro atoms. The van der Waals surface area contributed by atoms with E-state index in [1.165, 1.54) is 0 Å². The van der Waals surface area contributed by atoms with Crippen molar-refractivity contribution in [2.24, 2.45) is 5.41 Å². The van der Waals surface area contributed by atoms with Crippen molar-refractivity contribution in [1.29, 1.82) is 0 Å². The van der Waals surface area contributed by atoms with Crippen LogP contribution in [-0.4, -0.2) is 30.9 Å². The molecule has 2 rings (SSSR count). The molecule has 0 bridgehead atoms. The van der Waals surface area contributed by atoms with Gasteiger partial charge >= 0.3 is 13.1 Å². The Hall–Kier alpha value is -0.805. The lowest BCUT2D eigenvalue weighted by Crippen LogP contribution is -2.41. The molecule has 118 valence electrons. The van der Waals surface area contributed by atoms with Crippen LogP contribution >= 0.6 is 0 Å². The molecular formula is C16H27BO4. The van der Waals surface area contributed by atoms with Crippen molar-refractivity contribution < 1.29 is 18.8 Å². The van der Waals surface area contributed by atoms with Gasteiger partial charge in [0.2, 0.25) is 0 Å². The highest BCUT2D eigenvalue weighted by molar-refractivity contribution is 6.54. The Morgan fingerprint density at radius 3 is 2.24 bits per heavy atom. The first-order valence-corrected chi connectivity index (χ1v) is 7.83. The molecule has 0 saturated carbocycles. The molecule has 2 aliphatic rings. The minimum atomic E-state index is -0.414. The fraction of sp³-hybridized carbons (Fsp3) is 0.812. The van der Waals surface area contributed by atoms with Crippen LogP contribution in [0, 0.1) is 5.41 Å². The van der Waals surface area contributed by atoms with Crippen LogP contribution in [0.2, 0.25) is 0 Å². The Bertz CT molecular complexity index is 439. The van der Waals surface area contributed by atoms with Gasteiger partial charge < -0.3 is 14.0 Å². The van der Waals surface area contributed by atoms with Crippen molar-refractivity contribution in [1.82, 2.24) is 0 Å². The van der Waals surface area contributed by atoms with Crippen molar-refractivity contribution in [2.75, 3.05) is 6.61 Å². The zero-order valence-electron chi connectivity index (χ0n) is 14.1. The van der Waals surface area contributed by atoms with Gasteiger partial charge in [-0.3, -0.25) is 4.79 Å². The number of carbonyl (C=O) groups is 1. The van der Waals surface area contributed by atoms with Crippen molar-refractivity contribution in [3.05, 3.63) is 11.5 Å². The van der Waals surface area contributed by atoms with Gasteiger partial charge in [-0.1, -0.05) is 6.08 Å². The topological polar surface area (TPSA) is 44.8 Å². The Morgan fingerprint density at radius 1 is 1.24 bits per heavy atom. The number of hydrogen-bond acceptors (Lipinski definition) is 4. The van der Waals surface area contributed by atoms with Gasteiger partial charge in [0, 0.05) is 0 Å². The lowest BCUT2D eigenvalue weighted by molar-refractivity contribution is -0.154. The van der Waals surface area contributed by atoms with Crippen LogP contribution in [0.25, 0.3) is 0 Å². The monoisotopic (exact) mass is 294 g/mol.